The van der Waals surface area contributed by atoms with E-state index in [1.807, 2.05) is 6.92 Å². The van der Waals surface area contributed by atoms with Crippen molar-refractivity contribution in [3.05, 3.63) is 18.1 Å². The Morgan fingerprint density at radius 2 is 2.40 bits per heavy atom. The molecular weight excluding hydrogens is 126 g/mol. The first-order valence-electron chi connectivity index (χ1n) is 3.63. The topological polar surface area (TPSA) is 29.1 Å². The third kappa shape index (κ3) is 2.67. The first-order valence-corrected chi connectivity index (χ1v) is 3.63. The minimum atomic E-state index is 0.140. The molecule has 0 saturated carbocycles. The molecule has 0 unspecified atom stereocenters. The number of hydrogen-bond donors (Lipinski definition) is 1. The Bertz CT molecular complexity index is 161. The molecule has 0 aromatic heterocycles. The first kappa shape index (κ1) is 7.32. The number of hydrogen-bond acceptors (Lipinski definition) is 1. The second-order valence-electron chi connectivity index (χ2n) is 2.36. The Kier molecular flexibility index (Phi) is 2.49. The Morgan fingerprint density at radius 1 is 1.70 bits per heavy atom. The molecule has 1 rings (SSSR count). The predicted octanol–water partition coefficient (Wildman–Crippen LogP) is 1.05. The molecule has 0 saturated heterocycles. The largest absolute Gasteiger partial charge is 0.356 e. The molecule has 0 aromatic carbocycles. The zero-order valence-corrected chi connectivity index (χ0v) is 6.18. The van der Waals surface area contributed by atoms with Crippen molar-refractivity contribution in [3.8, 4) is 0 Å². The van der Waals surface area contributed by atoms with Gasteiger partial charge >= 0.3 is 0 Å². The molecule has 1 aliphatic carbocycles. The van der Waals surface area contributed by atoms with Gasteiger partial charge < -0.3 is 5.32 Å². The second kappa shape index (κ2) is 3.40. The van der Waals surface area contributed by atoms with Crippen molar-refractivity contribution < 1.29 is 4.79 Å². The van der Waals surface area contributed by atoms with Crippen LogP contribution in [-0.2, 0) is 4.79 Å². The van der Waals surface area contributed by atoms with Gasteiger partial charge in [-0.2, -0.15) is 0 Å². The van der Waals surface area contributed by atoms with E-state index in [2.05, 4.69) is 17.8 Å². The number of nitrogens with one attached hydrogen (secondary N) is 1. The van der Waals surface area contributed by atoms with E-state index in [0.29, 0.717) is 6.42 Å². The molecule has 0 aromatic rings. The van der Waals surface area contributed by atoms with E-state index < -0.39 is 0 Å². The summed E-state index contributed by atoms with van der Waals surface area (Å²) in [6.07, 6.45) is 5.71. The summed E-state index contributed by atoms with van der Waals surface area (Å²) in [5.41, 5.74) is 1.36. The molecule has 1 N–H and O–H groups in total. The molecule has 0 bridgehead atoms. The van der Waals surface area contributed by atoms with Gasteiger partial charge in [-0.05, 0) is 6.42 Å². The predicted molar refractivity (Wildman–Crippen MR) is 40.3 cm³/mol. The summed E-state index contributed by atoms with van der Waals surface area (Å²) >= 11 is 0. The highest BCUT2D eigenvalue weighted by atomic mass is 16.1. The third-order valence-corrected chi connectivity index (χ3v) is 1.46. The fourth-order valence-corrected chi connectivity index (χ4v) is 0.697. The maximum Gasteiger partial charge on any atom is 0.219 e. The molecule has 1 aliphatic rings. The molecule has 2 heteroatoms. The van der Waals surface area contributed by atoms with Gasteiger partial charge in [-0.25, -0.2) is 0 Å². The molecule has 0 spiro atoms. The molecule has 10 heavy (non-hydrogen) atoms. The van der Waals surface area contributed by atoms with Crippen LogP contribution in [0.15, 0.2) is 11.6 Å². The van der Waals surface area contributed by atoms with E-state index in [1.54, 1.807) is 0 Å². The fraction of sp³-hybridized carbons (Fsp3) is 0.500. The van der Waals surface area contributed by atoms with Crippen LogP contribution in [-0.4, -0.2) is 12.5 Å². The van der Waals surface area contributed by atoms with E-state index in [9.17, 15) is 4.79 Å². The summed E-state index contributed by atoms with van der Waals surface area (Å²) in [4.78, 5) is 10.7. The summed E-state index contributed by atoms with van der Waals surface area (Å²) in [5.74, 6) is 0.140. The quantitative estimate of drug-likeness (QED) is 0.618. The van der Waals surface area contributed by atoms with Crippen molar-refractivity contribution in [2.24, 2.45) is 0 Å². The minimum Gasteiger partial charge on any atom is -0.356 e. The average Bonchev–Trinajstić information content (AvgIpc) is 2.71. The molecule has 0 heterocycles. The summed E-state index contributed by atoms with van der Waals surface area (Å²) in [6, 6.07) is 0. The van der Waals surface area contributed by atoms with Crippen molar-refractivity contribution in [1.82, 2.24) is 5.32 Å². The van der Waals surface area contributed by atoms with Gasteiger partial charge in [0.1, 0.15) is 0 Å². The van der Waals surface area contributed by atoms with E-state index in [0.717, 1.165) is 13.0 Å². The van der Waals surface area contributed by atoms with E-state index >= 15 is 0 Å². The maximum absolute atomic E-state index is 10.7. The maximum atomic E-state index is 10.7. The van der Waals surface area contributed by atoms with Crippen LogP contribution in [0.4, 0.5) is 0 Å². The van der Waals surface area contributed by atoms with Gasteiger partial charge in [-0.15, -0.1) is 0 Å². The van der Waals surface area contributed by atoms with Crippen LogP contribution in [0, 0.1) is 6.42 Å². The van der Waals surface area contributed by atoms with Gasteiger partial charge in [0.25, 0.3) is 0 Å². The van der Waals surface area contributed by atoms with Gasteiger partial charge in [0.05, 0.1) is 0 Å². The van der Waals surface area contributed by atoms with Crippen LogP contribution >= 0.6 is 0 Å². The highest BCUT2D eigenvalue weighted by Crippen LogP contribution is 2.19. The van der Waals surface area contributed by atoms with Gasteiger partial charge in [-0.3, -0.25) is 4.79 Å². The van der Waals surface area contributed by atoms with Crippen molar-refractivity contribution in [1.29, 1.82) is 0 Å². The van der Waals surface area contributed by atoms with Crippen LogP contribution in [0.1, 0.15) is 19.8 Å². The SMILES string of the molecule is CCC(=O)NCCC1=C[CH]1. The van der Waals surface area contributed by atoms with E-state index in [-0.39, 0.29) is 5.91 Å². The molecule has 1 amide bonds. The Labute approximate surface area is 61.3 Å². The number of amides is 1. The Hall–Kier alpha value is -0.790. The Balaban J connectivity index is 1.93. The summed E-state index contributed by atoms with van der Waals surface area (Å²) in [5, 5.41) is 2.80. The molecule has 1 radical (unpaired) electrons. The monoisotopic (exact) mass is 138 g/mol. The van der Waals surface area contributed by atoms with Gasteiger partial charge in [0, 0.05) is 19.4 Å². The van der Waals surface area contributed by atoms with E-state index in [4.69, 9.17) is 0 Å². The number of carbonyl (C=O) groups excluding carboxylic acids is 1. The number of allylic oxidation sites excluding steroid dienone is 1. The van der Waals surface area contributed by atoms with E-state index in [1.165, 1.54) is 5.57 Å². The van der Waals surface area contributed by atoms with Crippen LogP contribution < -0.4 is 5.32 Å². The standard InChI is InChI=1S/C8H12NO/c1-2-8(10)9-6-5-7-3-4-7/h3-4H,2,5-6H2,1H3,(H,9,10). The zero-order valence-electron chi connectivity index (χ0n) is 6.18. The number of carbonyl (C=O) groups is 1. The lowest BCUT2D eigenvalue weighted by molar-refractivity contribution is -0.120. The molecule has 0 aliphatic heterocycles. The summed E-state index contributed by atoms with van der Waals surface area (Å²) in [7, 11) is 0. The highest BCUT2D eigenvalue weighted by molar-refractivity contribution is 5.75. The van der Waals surface area contributed by atoms with Crippen LogP contribution in [0.3, 0.4) is 0 Å². The zero-order chi connectivity index (χ0) is 7.40. The second-order valence-corrected chi connectivity index (χ2v) is 2.36. The normalized spacial score (nSPS) is 14.3. The smallest absolute Gasteiger partial charge is 0.219 e. The lowest BCUT2D eigenvalue weighted by atomic mass is 10.3. The molecular formula is C8H12NO. The van der Waals surface area contributed by atoms with Crippen LogP contribution in [0.2, 0.25) is 0 Å². The van der Waals surface area contributed by atoms with Gasteiger partial charge in [0.2, 0.25) is 5.91 Å². The van der Waals surface area contributed by atoms with Gasteiger partial charge in [-0.1, -0.05) is 18.6 Å². The first-order chi connectivity index (χ1) is 4.83. The molecule has 55 valence electrons. The van der Waals surface area contributed by atoms with Crippen molar-refractivity contribution in [3.63, 3.8) is 0 Å². The Morgan fingerprint density at radius 3 is 2.90 bits per heavy atom. The van der Waals surface area contributed by atoms with Gasteiger partial charge in [0.15, 0.2) is 0 Å². The van der Waals surface area contributed by atoms with Crippen molar-refractivity contribution >= 4 is 5.91 Å². The minimum absolute atomic E-state index is 0.140. The summed E-state index contributed by atoms with van der Waals surface area (Å²) < 4.78 is 0. The van der Waals surface area contributed by atoms with Crippen LogP contribution in [0.5, 0.6) is 0 Å². The lowest BCUT2D eigenvalue weighted by Crippen LogP contribution is -2.22. The molecule has 2 nitrogen and oxygen atoms in total. The lowest BCUT2D eigenvalue weighted by Gasteiger charge is -1.99. The van der Waals surface area contributed by atoms with Crippen molar-refractivity contribution in [2.75, 3.05) is 6.54 Å². The number of rotatable bonds is 4. The molecule has 0 atom stereocenters. The van der Waals surface area contributed by atoms with Crippen molar-refractivity contribution in [2.45, 2.75) is 19.8 Å². The highest BCUT2D eigenvalue weighted by Gasteiger charge is 2.06. The molecule has 0 fully saturated rings. The summed E-state index contributed by atoms with van der Waals surface area (Å²) in [6.45, 7) is 2.65. The average molecular weight is 138 g/mol. The third-order valence-electron chi connectivity index (χ3n) is 1.46. The van der Waals surface area contributed by atoms with Crippen LogP contribution in [0.25, 0.3) is 0 Å². The fourth-order valence-electron chi connectivity index (χ4n) is 0.697.